The molecule has 3 saturated heterocycles. The molecule has 0 aliphatic carbocycles. The Morgan fingerprint density at radius 3 is 2.43 bits per heavy atom. The van der Waals surface area contributed by atoms with Gasteiger partial charge in [-0.25, -0.2) is 4.39 Å². The summed E-state index contributed by atoms with van der Waals surface area (Å²) in [5.74, 6) is -0.705. The maximum atomic E-state index is 13.7. The van der Waals surface area contributed by atoms with Gasteiger partial charge < -0.3 is 19.5 Å². The maximum Gasteiger partial charge on any atom is 0.452 e. The minimum absolute atomic E-state index is 0.202. The highest BCUT2D eigenvalue weighted by Crippen LogP contribution is 2.60. The fourth-order valence-electron chi connectivity index (χ4n) is 5.83. The number of piperidine rings is 1. The highest BCUT2D eigenvalue weighted by Gasteiger charge is 2.69. The Kier molecular flexibility index (Phi) is 5.91. The fourth-order valence-corrected chi connectivity index (χ4v) is 5.83. The van der Waals surface area contributed by atoms with Crippen LogP contribution in [0.2, 0.25) is 0 Å². The standard InChI is InChI=1S/C25H26F4N2O4/c1-34-20-9-4-16(21(11-20)35-23(33)25(27,28)29)10-22(32)30(14-15-2-5-17(26)6-3-15)24-12-18-7-8-19(13-24)31(18)24/h2-6,9,11,18-19,23,33H,7-8,10,12-14H2,1H3/t18-,19+,23?,24+. The molecule has 3 aliphatic heterocycles. The lowest BCUT2D eigenvalue weighted by atomic mass is 9.73. The van der Waals surface area contributed by atoms with E-state index in [0.29, 0.717) is 12.1 Å². The van der Waals surface area contributed by atoms with E-state index in [1.165, 1.54) is 37.4 Å². The number of ether oxygens (including phenoxy) is 2. The van der Waals surface area contributed by atoms with Crippen LogP contribution in [0.15, 0.2) is 42.5 Å². The van der Waals surface area contributed by atoms with Gasteiger partial charge in [0.15, 0.2) is 0 Å². The first-order valence-corrected chi connectivity index (χ1v) is 11.5. The molecule has 1 unspecified atom stereocenters. The number of carbonyl (C=O) groups is 1. The van der Waals surface area contributed by atoms with Crippen molar-refractivity contribution in [2.75, 3.05) is 7.11 Å². The summed E-state index contributed by atoms with van der Waals surface area (Å²) in [6, 6.07) is 11.0. The van der Waals surface area contributed by atoms with Crippen LogP contribution >= 0.6 is 0 Å². The van der Waals surface area contributed by atoms with Crippen LogP contribution in [-0.4, -0.2) is 58.1 Å². The van der Waals surface area contributed by atoms with Crippen LogP contribution in [0.1, 0.15) is 36.8 Å². The van der Waals surface area contributed by atoms with Crippen molar-refractivity contribution in [3.63, 3.8) is 0 Å². The average Bonchev–Trinajstić information content (AvgIpc) is 2.93. The van der Waals surface area contributed by atoms with Gasteiger partial charge in [-0.1, -0.05) is 18.2 Å². The van der Waals surface area contributed by atoms with Gasteiger partial charge in [0.1, 0.15) is 17.3 Å². The van der Waals surface area contributed by atoms with Crippen LogP contribution in [0.3, 0.4) is 0 Å². The molecule has 1 N–H and O–H groups in total. The number of halogens is 4. The van der Waals surface area contributed by atoms with Crippen molar-refractivity contribution in [1.82, 2.24) is 9.80 Å². The molecule has 2 aromatic carbocycles. The van der Waals surface area contributed by atoms with Crippen molar-refractivity contribution in [1.29, 1.82) is 0 Å². The molecular weight excluding hydrogens is 468 g/mol. The van der Waals surface area contributed by atoms with E-state index in [4.69, 9.17) is 9.47 Å². The zero-order chi connectivity index (χ0) is 25.0. The number of aliphatic hydroxyl groups is 1. The molecule has 3 aliphatic rings. The third-order valence-electron chi connectivity index (χ3n) is 7.42. The van der Waals surface area contributed by atoms with Gasteiger partial charge in [-0.2, -0.15) is 13.2 Å². The number of methoxy groups -OCH3 is 1. The number of benzene rings is 2. The number of rotatable bonds is 8. The Hall–Kier alpha value is -2.85. The topological polar surface area (TPSA) is 62.2 Å². The molecule has 3 fully saturated rings. The van der Waals surface area contributed by atoms with Gasteiger partial charge in [-0.3, -0.25) is 9.69 Å². The zero-order valence-electron chi connectivity index (χ0n) is 19.1. The first kappa shape index (κ1) is 23.9. The van der Waals surface area contributed by atoms with Crippen molar-refractivity contribution in [2.24, 2.45) is 0 Å². The highest BCUT2D eigenvalue weighted by atomic mass is 19.4. The smallest absolute Gasteiger partial charge is 0.452 e. The summed E-state index contributed by atoms with van der Waals surface area (Å²) in [6.45, 7) is 0.257. The van der Waals surface area contributed by atoms with Gasteiger partial charge in [-0.15, -0.1) is 0 Å². The number of alkyl halides is 3. The second-order valence-electron chi connectivity index (χ2n) is 9.45. The minimum Gasteiger partial charge on any atom is -0.497 e. The van der Waals surface area contributed by atoms with E-state index in [1.54, 1.807) is 17.0 Å². The van der Waals surface area contributed by atoms with E-state index in [-0.39, 0.29) is 41.8 Å². The zero-order valence-corrected chi connectivity index (χ0v) is 19.1. The van der Waals surface area contributed by atoms with E-state index in [9.17, 15) is 27.5 Å². The van der Waals surface area contributed by atoms with Crippen LogP contribution in [-0.2, 0) is 17.8 Å². The Balaban J connectivity index is 1.42. The van der Waals surface area contributed by atoms with Crippen LogP contribution in [0.25, 0.3) is 0 Å². The van der Waals surface area contributed by atoms with Crippen molar-refractivity contribution < 1.29 is 36.9 Å². The van der Waals surface area contributed by atoms with Gasteiger partial charge >= 0.3 is 6.18 Å². The van der Waals surface area contributed by atoms with Crippen molar-refractivity contribution >= 4 is 5.91 Å². The monoisotopic (exact) mass is 494 g/mol. The lowest BCUT2D eigenvalue weighted by Gasteiger charge is -2.70. The molecule has 10 heteroatoms. The lowest BCUT2D eigenvalue weighted by Crippen LogP contribution is -2.81. The lowest BCUT2D eigenvalue weighted by molar-refractivity contribution is -0.265. The van der Waals surface area contributed by atoms with Crippen LogP contribution in [0, 0.1) is 5.82 Å². The number of aliphatic hydroxyl groups excluding tert-OH is 1. The van der Waals surface area contributed by atoms with Gasteiger partial charge in [0.05, 0.1) is 19.2 Å². The summed E-state index contributed by atoms with van der Waals surface area (Å²) in [4.78, 5) is 17.8. The van der Waals surface area contributed by atoms with E-state index in [1.807, 2.05) is 0 Å². The maximum absolute atomic E-state index is 13.7. The molecular formula is C25H26F4N2O4. The molecule has 0 radical (unpaired) electrons. The van der Waals surface area contributed by atoms with Gasteiger partial charge in [-0.05, 0) is 36.6 Å². The molecule has 3 heterocycles. The normalized spacial score (nSPS) is 25.8. The molecule has 0 bridgehead atoms. The Morgan fingerprint density at radius 2 is 1.83 bits per heavy atom. The summed E-state index contributed by atoms with van der Waals surface area (Å²) < 4.78 is 62.1. The molecule has 1 amide bonds. The quantitative estimate of drug-likeness (QED) is 0.444. The molecule has 6 nitrogen and oxygen atoms in total. The molecule has 4 atom stereocenters. The summed E-state index contributed by atoms with van der Waals surface area (Å²) in [5, 5.41) is 9.45. The molecule has 5 rings (SSSR count). The Bertz CT molecular complexity index is 1090. The van der Waals surface area contributed by atoms with Crippen molar-refractivity contribution in [3.05, 3.63) is 59.4 Å². The van der Waals surface area contributed by atoms with E-state index in [0.717, 1.165) is 31.2 Å². The van der Waals surface area contributed by atoms with E-state index < -0.39 is 18.1 Å². The number of nitrogens with zero attached hydrogens (tertiary/aromatic N) is 2. The fraction of sp³-hybridized carbons (Fsp3) is 0.480. The van der Waals surface area contributed by atoms with Gasteiger partial charge in [0.2, 0.25) is 5.91 Å². The Morgan fingerprint density at radius 1 is 1.17 bits per heavy atom. The van der Waals surface area contributed by atoms with Crippen LogP contribution in [0.4, 0.5) is 17.6 Å². The van der Waals surface area contributed by atoms with E-state index in [2.05, 4.69) is 4.90 Å². The molecule has 2 aromatic rings. The predicted molar refractivity (Wildman–Crippen MR) is 117 cm³/mol. The number of amides is 1. The van der Waals surface area contributed by atoms with Gasteiger partial charge in [0, 0.05) is 43.1 Å². The third kappa shape index (κ3) is 4.23. The largest absolute Gasteiger partial charge is 0.497 e. The molecule has 0 aromatic heterocycles. The SMILES string of the molecule is COc1ccc(CC(=O)N(Cc2ccc(F)cc2)[C@]23C[C@H]4CC[C@@H](C2)N43)c(OC(O)C(F)(F)F)c1. The third-order valence-corrected chi connectivity index (χ3v) is 7.42. The summed E-state index contributed by atoms with van der Waals surface area (Å²) >= 11 is 0. The van der Waals surface area contributed by atoms with Crippen molar-refractivity contribution in [3.8, 4) is 11.5 Å². The Labute approximate surface area is 200 Å². The average molecular weight is 494 g/mol. The van der Waals surface area contributed by atoms with Crippen LogP contribution < -0.4 is 9.47 Å². The highest BCUT2D eigenvalue weighted by molar-refractivity contribution is 5.81. The molecule has 35 heavy (non-hydrogen) atoms. The molecule has 0 saturated carbocycles. The molecule has 188 valence electrons. The number of hydrogen-bond donors (Lipinski definition) is 1. The predicted octanol–water partition coefficient (Wildman–Crippen LogP) is 4.00. The first-order valence-electron chi connectivity index (χ1n) is 11.5. The van der Waals surface area contributed by atoms with Crippen LogP contribution in [0.5, 0.6) is 11.5 Å². The molecule has 0 spiro atoms. The van der Waals surface area contributed by atoms with Crippen molar-refractivity contribution in [2.45, 2.75) is 68.9 Å². The second kappa shape index (κ2) is 8.67. The first-order chi connectivity index (χ1) is 16.6. The van der Waals surface area contributed by atoms with Gasteiger partial charge in [0.25, 0.3) is 6.29 Å². The number of hydrogen-bond acceptors (Lipinski definition) is 5. The summed E-state index contributed by atoms with van der Waals surface area (Å²) in [5.41, 5.74) is 0.544. The second-order valence-corrected chi connectivity index (χ2v) is 9.45. The summed E-state index contributed by atoms with van der Waals surface area (Å²) in [6.07, 6.45) is -4.38. The minimum atomic E-state index is -4.99. The summed E-state index contributed by atoms with van der Waals surface area (Å²) in [7, 11) is 1.35. The number of carbonyl (C=O) groups excluding carboxylic acids is 1. The van der Waals surface area contributed by atoms with E-state index >= 15 is 0 Å².